The molecule has 2 spiro atoms. The van der Waals surface area contributed by atoms with Gasteiger partial charge >= 0.3 is 6.09 Å². The van der Waals surface area contributed by atoms with Crippen molar-refractivity contribution in [3.05, 3.63) is 29.0 Å². The van der Waals surface area contributed by atoms with Gasteiger partial charge in [0.25, 0.3) is 0 Å². The summed E-state index contributed by atoms with van der Waals surface area (Å²) in [4.78, 5) is 13.5. The van der Waals surface area contributed by atoms with Gasteiger partial charge < -0.3 is 19.9 Å². The third-order valence-corrected chi connectivity index (χ3v) is 8.19. The normalized spacial score (nSPS) is 29.0. The topological polar surface area (TPSA) is 71.0 Å². The van der Waals surface area contributed by atoms with E-state index in [1.54, 1.807) is 6.07 Å². The highest BCUT2D eigenvalue weighted by molar-refractivity contribution is 6.32. The molecule has 2 saturated carbocycles. The number of aliphatic hydroxyl groups is 1. The molecule has 1 aromatic carbocycles. The number of hydrogen-bond donors (Lipinski definition) is 2. The maximum Gasteiger partial charge on any atom is 0.407 e. The van der Waals surface area contributed by atoms with E-state index < -0.39 is 5.72 Å². The number of nitrogens with zero attached hydrogens (tertiary/aromatic N) is 1. The largest absolute Gasteiger partial charge is 0.489 e. The number of likely N-dealkylation sites (tertiary alicyclic amines) is 1. The highest BCUT2D eigenvalue weighted by Crippen LogP contribution is 2.52. The van der Waals surface area contributed by atoms with E-state index in [0.29, 0.717) is 29.7 Å². The van der Waals surface area contributed by atoms with Gasteiger partial charge in [-0.3, -0.25) is 4.90 Å². The molecule has 1 atom stereocenters. The lowest BCUT2D eigenvalue weighted by Gasteiger charge is -2.54. The summed E-state index contributed by atoms with van der Waals surface area (Å²) in [6.07, 6.45) is 6.28. The number of carbonyl (C=O) groups excluding carboxylic acids is 1. The van der Waals surface area contributed by atoms with Gasteiger partial charge in [-0.15, -0.1) is 0 Å². The van der Waals surface area contributed by atoms with Gasteiger partial charge in [-0.2, -0.15) is 0 Å². The Hall–Kier alpha value is -1.57. The van der Waals surface area contributed by atoms with Gasteiger partial charge in [0.05, 0.1) is 16.7 Å². The van der Waals surface area contributed by atoms with E-state index in [9.17, 15) is 14.3 Å². The van der Waals surface area contributed by atoms with Crippen LogP contribution in [0.4, 0.5) is 9.18 Å². The Kier molecular flexibility index (Phi) is 5.14. The number of benzene rings is 1. The number of amides is 1. The molecule has 1 amide bonds. The third kappa shape index (κ3) is 4.12. The van der Waals surface area contributed by atoms with Gasteiger partial charge in [-0.1, -0.05) is 11.6 Å². The predicted molar refractivity (Wildman–Crippen MR) is 113 cm³/mol. The number of nitrogens with one attached hydrogen (secondary N) is 1. The van der Waals surface area contributed by atoms with E-state index >= 15 is 0 Å². The Balaban J connectivity index is 1.08. The Labute approximate surface area is 187 Å². The molecule has 6 nitrogen and oxygen atoms in total. The molecule has 0 radical (unpaired) electrons. The molecule has 5 rings (SSSR count). The van der Waals surface area contributed by atoms with Gasteiger partial charge in [0.1, 0.15) is 23.9 Å². The average Bonchev–Trinajstić information content (AvgIpc) is 3.04. The van der Waals surface area contributed by atoms with Gasteiger partial charge in [-0.25, -0.2) is 9.18 Å². The number of hydrogen-bond acceptors (Lipinski definition) is 5. The van der Waals surface area contributed by atoms with Gasteiger partial charge in [0.2, 0.25) is 0 Å². The van der Waals surface area contributed by atoms with Crippen molar-refractivity contribution < 1.29 is 23.8 Å². The fourth-order valence-electron chi connectivity index (χ4n) is 6.19. The van der Waals surface area contributed by atoms with Crippen LogP contribution >= 0.6 is 11.6 Å². The average molecular weight is 453 g/mol. The summed E-state index contributed by atoms with van der Waals surface area (Å²) in [6.45, 7) is 4.11. The molecule has 2 saturated heterocycles. The summed E-state index contributed by atoms with van der Waals surface area (Å²) in [5.74, 6) is 0.584. The van der Waals surface area contributed by atoms with E-state index in [4.69, 9.17) is 21.1 Å². The first-order valence-electron chi connectivity index (χ1n) is 11.2. The van der Waals surface area contributed by atoms with Crippen molar-refractivity contribution in [3.63, 3.8) is 0 Å². The van der Waals surface area contributed by atoms with Crippen molar-refractivity contribution in [1.29, 1.82) is 0 Å². The van der Waals surface area contributed by atoms with Crippen LogP contribution in [0.3, 0.4) is 0 Å². The number of rotatable bonds is 5. The number of ether oxygens (including phenoxy) is 2. The standard InChI is InChI=1S/C23H30ClFN2O4/c1-21(29,9-15-10-23(11-15)14-30-20(28)26-23)27-6-4-22(5-7-27)12-17(13-22)31-19-3-2-16(25)8-18(19)24/h2-3,8,15,17,29H,4-7,9-14H2,1H3,(H,26,28)/t15-,21?,23+. The second-order valence-corrected chi connectivity index (χ2v) is 10.8. The second kappa shape index (κ2) is 7.49. The van der Waals surface area contributed by atoms with E-state index in [-0.39, 0.29) is 29.0 Å². The maximum absolute atomic E-state index is 13.2. The van der Waals surface area contributed by atoms with Crippen LogP contribution in [0.15, 0.2) is 18.2 Å². The summed E-state index contributed by atoms with van der Waals surface area (Å²) >= 11 is 6.08. The molecule has 2 aliphatic carbocycles. The van der Waals surface area contributed by atoms with Crippen LogP contribution in [-0.2, 0) is 4.74 Å². The summed E-state index contributed by atoms with van der Waals surface area (Å²) in [5.41, 5.74) is -0.757. The fourth-order valence-corrected chi connectivity index (χ4v) is 6.40. The number of carbonyl (C=O) groups is 1. The molecular formula is C23H30ClFN2O4. The number of cyclic esters (lactones) is 1. The van der Waals surface area contributed by atoms with Crippen molar-refractivity contribution in [3.8, 4) is 5.75 Å². The monoisotopic (exact) mass is 452 g/mol. The lowest BCUT2D eigenvalue weighted by atomic mass is 9.61. The Morgan fingerprint density at radius 1 is 1.32 bits per heavy atom. The van der Waals surface area contributed by atoms with Crippen LogP contribution in [0.2, 0.25) is 5.02 Å². The molecule has 0 bridgehead atoms. The van der Waals surface area contributed by atoms with Crippen molar-refractivity contribution in [1.82, 2.24) is 10.2 Å². The van der Waals surface area contributed by atoms with Crippen LogP contribution in [0.1, 0.15) is 51.9 Å². The predicted octanol–water partition coefficient (Wildman–Crippen LogP) is 4.09. The van der Waals surface area contributed by atoms with Gasteiger partial charge in [0, 0.05) is 13.1 Å². The fraction of sp³-hybridized carbons (Fsp3) is 0.696. The third-order valence-electron chi connectivity index (χ3n) is 7.90. The quantitative estimate of drug-likeness (QED) is 0.704. The Bertz CT molecular complexity index is 857. The first kappa shape index (κ1) is 21.3. The minimum atomic E-state index is -0.835. The molecule has 1 unspecified atom stereocenters. The molecule has 4 fully saturated rings. The van der Waals surface area contributed by atoms with Crippen LogP contribution in [0, 0.1) is 17.2 Å². The minimum absolute atomic E-state index is 0.116. The Morgan fingerprint density at radius 2 is 2.03 bits per heavy atom. The van der Waals surface area contributed by atoms with Crippen molar-refractivity contribution in [2.75, 3.05) is 19.7 Å². The molecule has 4 aliphatic rings. The molecule has 1 aromatic rings. The van der Waals surface area contributed by atoms with Crippen LogP contribution in [0.5, 0.6) is 5.75 Å². The molecule has 170 valence electrons. The summed E-state index contributed by atoms with van der Waals surface area (Å²) in [7, 11) is 0. The smallest absolute Gasteiger partial charge is 0.407 e. The highest BCUT2D eigenvalue weighted by Gasteiger charge is 2.53. The molecule has 2 aliphatic heterocycles. The summed E-state index contributed by atoms with van der Waals surface area (Å²) in [5, 5.41) is 14.4. The number of halogens is 2. The van der Waals surface area contributed by atoms with E-state index in [0.717, 1.165) is 51.6 Å². The van der Waals surface area contributed by atoms with Crippen molar-refractivity contribution in [2.24, 2.45) is 11.3 Å². The van der Waals surface area contributed by atoms with Crippen LogP contribution in [0.25, 0.3) is 0 Å². The number of piperidine rings is 1. The molecule has 31 heavy (non-hydrogen) atoms. The van der Waals surface area contributed by atoms with Crippen molar-refractivity contribution >= 4 is 17.7 Å². The first-order chi connectivity index (χ1) is 14.7. The highest BCUT2D eigenvalue weighted by atomic mass is 35.5. The van der Waals surface area contributed by atoms with Crippen LogP contribution < -0.4 is 10.1 Å². The zero-order valence-corrected chi connectivity index (χ0v) is 18.6. The molecule has 0 aromatic heterocycles. The second-order valence-electron chi connectivity index (χ2n) is 10.4. The summed E-state index contributed by atoms with van der Waals surface area (Å²) in [6, 6.07) is 4.24. The van der Waals surface area contributed by atoms with Crippen LogP contribution in [-0.4, -0.2) is 53.2 Å². The molecule has 2 heterocycles. The van der Waals surface area contributed by atoms with Gasteiger partial charge in [-0.05, 0) is 81.4 Å². The lowest BCUT2D eigenvalue weighted by molar-refractivity contribution is -0.154. The van der Waals surface area contributed by atoms with E-state index in [1.165, 1.54) is 12.1 Å². The van der Waals surface area contributed by atoms with E-state index in [1.807, 2.05) is 6.92 Å². The zero-order chi connectivity index (χ0) is 21.9. The first-order valence-corrected chi connectivity index (χ1v) is 11.6. The molecule has 2 N–H and O–H groups in total. The zero-order valence-electron chi connectivity index (χ0n) is 17.8. The summed E-state index contributed by atoms with van der Waals surface area (Å²) < 4.78 is 24.2. The molecule has 8 heteroatoms. The van der Waals surface area contributed by atoms with Gasteiger partial charge in [0.15, 0.2) is 0 Å². The maximum atomic E-state index is 13.2. The lowest BCUT2D eigenvalue weighted by Crippen LogP contribution is -2.59. The van der Waals surface area contributed by atoms with E-state index in [2.05, 4.69) is 10.2 Å². The molecular weight excluding hydrogens is 423 g/mol. The SMILES string of the molecule is CC(O)(C[C@H]1C[C@]2(COC(=O)N2)C1)N1CCC2(CC1)CC(Oc1ccc(F)cc1Cl)C2. The van der Waals surface area contributed by atoms with Crippen molar-refractivity contribution in [2.45, 2.75) is 69.2 Å². The number of alkyl carbamates (subject to hydrolysis) is 1. The Morgan fingerprint density at radius 3 is 2.65 bits per heavy atom. The minimum Gasteiger partial charge on any atom is -0.489 e.